The fraction of sp³-hybridized carbons (Fsp3) is 0.423. The largest absolute Gasteiger partial charge is 0.378 e. The number of aromatic nitrogens is 2. The number of rotatable bonds is 8. The van der Waals surface area contributed by atoms with Crippen LogP contribution in [0.4, 0.5) is 21.7 Å². The van der Waals surface area contributed by atoms with E-state index in [9.17, 15) is 4.39 Å². The Morgan fingerprint density at radius 2 is 2.09 bits per heavy atom. The number of alkyl halides is 1. The molecule has 2 aromatic rings. The summed E-state index contributed by atoms with van der Waals surface area (Å²) in [5.74, 6) is 2.20. The van der Waals surface area contributed by atoms with Gasteiger partial charge in [0, 0.05) is 37.6 Å². The van der Waals surface area contributed by atoms with Gasteiger partial charge < -0.3 is 20.4 Å². The third kappa shape index (κ3) is 4.90. The second-order valence-electron chi connectivity index (χ2n) is 9.85. The fourth-order valence-electron chi connectivity index (χ4n) is 4.60. The molecule has 0 saturated carbocycles. The number of nitrogens with zero attached hydrogens (tertiary/aromatic N) is 5. The molecule has 2 unspecified atom stereocenters. The second-order valence-corrected chi connectivity index (χ2v) is 11.0. The van der Waals surface area contributed by atoms with Gasteiger partial charge in [-0.1, -0.05) is 22.4 Å². The molecule has 186 valence electrons. The summed E-state index contributed by atoms with van der Waals surface area (Å²) in [4.78, 5) is 18.3. The Balaban J connectivity index is 1.66. The molecule has 35 heavy (non-hydrogen) atoms. The van der Waals surface area contributed by atoms with E-state index in [4.69, 9.17) is 4.98 Å². The lowest BCUT2D eigenvalue weighted by molar-refractivity contribution is 0.257. The fourth-order valence-corrected chi connectivity index (χ4v) is 4.68. The first kappa shape index (κ1) is 25.1. The normalized spacial score (nSPS) is 21.7. The molecular weight excluding hydrogens is 460 g/mol. The van der Waals surface area contributed by atoms with Crippen LogP contribution in [-0.2, 0) is 0 Å². The first-order valence-electron chi connectivity index (χ1n) is 11.8. The van der Waals surface area contributed by atoms with E-state index < -0.39 is 11.5 Å². The summed E-state index contributed by atoms with van der Waals surface area (Å²) >= 11 is 0. The molecule has 2 aromatic heterocycles. The van der Waals surface area contributed by atoms with Crippen molar-refractivity contribution in [3.05, 3.63) is 60.7 Å². The molecule has 2 aliphatic heterocycles. The van der Waals surface area contributed by atoms with Crippen LogP contribution in [0.3, 0.4) is 0 Å². The highest BCUT2D eigenvalue weighted by molar-refractivity contribution is 7.18. The molecule has 2 bridgehead atoms. The predicted molar refractivity (Wildman–Crippen MR) is 148 cm³/mol. The lowest BCUT2D eigenvalue weighted by Crippen LogP contribution is -2.52. The number of hydrogen-bond acceptors (Lipinski definition) is 7. The van der Waals surface area contributed by atoms with Gasteiger partial charge in [-0.25, -0.2) is 14.4 Å². The number of pyridine rings is 2. The Morgan fingerprint density at radius 3 is 2.77 bits per heavy atom. The Bertz CT molecular complexity index is 1190. The number of nitrogens with one attached hydrogen (secondary N) is 2. The van der Waals surface area contributed by atoms with E-state index in [1.807, 2.05) is 25.1 Å². The van der Waals surface area contributed by atoms with E-state index >= 15 is 0 Å². The lowest BCUT2D eigenvalue weighted by Gasteiger charge is -2.45. The molecule has 0 aromatic carbocycles. The Kier molecular flexibility index (Phi) is 6.62. The molecule has 4 rings (SSSR count). The van der Waals surface area contributed by atoms with Gasteiger partial charge in [0.15, 0.2) is 5.82 Å². The first-order chi connectivity index (χ1) is 16.4. The third-order valence-corrected chi connectivity index (χ3v) is 7.50. The number of fused-ring (bicyclic) bond motifs is 4. The minimum Gasteiger partial charge on any atom is -0.378 e. The van der Waals surface area contributed by atoms with Crippen LogP contribution < -0.4 is 20.4 Å². The smallest absolute Gasteiger partial charge is 0.159 e. The molecule has 0 aliphatic carbocycles. The average molecular weight is 496 g/mol. The SMILES string of the molecule is C=C(NC(C)[C@@](C)(F)P)c1ccc2c(n1)N(C(=C)Nc1cc(/C(C)=N/C)ccn1)[C@@]1(C)CCN2C1. The van der Waals surface area contributed by atoms with Crippen LogP contribution >= 0.6 is 9.24 Å². The molecule has 0 radical (unpaired) electrons. The van der Waals surface area contributed by atoms with E-state index in [1.165, 1.54) is 6.92 Å². The topological polar surface area (TPSA) is 68.7 Å². The van der Waals surface area contributed by atoms with Crippen molar-refractivity contribution < 1.29 is 4.39 Å². The number of anilines is 3. The molecule has 7 nitrogen and oxygen atoms in total. The minimum atomic E-state index is -1.47. The molecule has 4 heterocycles. The zero-order valence-corrected chi connectivity index (χ0v) is 22.3. The van der Waals surface area contributed by atoms with Crippen LogP contribution in [0, 0.1) is 0 Å². The molecule has 2 N–H and O–H groups in total. The molecule has 1 saturated heterocycles. The van der Waals surface area contributed by atoms with Crippen molar-refractivity contribution in [1.82, 2.24) is 15.3 Å². The van der Waals surface area contributed by atoms with Gasteiger partial charge in [-0.3, -0.25) is 4.99 Å². The number of aliphatic imine (C=N–C) groups is 1. The van der Waals surface area contributed by atoms with Gasteiger partial charge in [0.1, 0.15) is 17.0 Å². The zero-order valence-electron chi connectivity index (χ0n) is 21.2. The van der Waals surface area contributed by atoms with Crippen LogP contribution in [0.5, 0.6) is 0 Å². The summed E-state index contributed by atoms with van der Waals surface area (Å²) in [6.07, 6.45) is 2.73. The number of halogens is 1. The summed E-state index contributed by atoms with van der Waals surface area (Å²) in [6, 6.07) is 7.46. The summed E-state index contributed by atoms with van der Waals surface area (Å²) in [5, 5.41) is 5.08. The van der Waals surface area contributed by atoms with Crippen molar-refractivity contribution in [2.45, 2.75) is 51.1 Å². The van der Waals surface area contributed by atoms with Crippen molar-refractivity contribution in [2.24, 2.45) is 4.99 Å². The van der Waals surface area contributed by atoms with Gasteiger partial charge in [-0.15, -0.1) is 0 Å². The van der Waals surface area contributed by atoms with Crippen LogP contribution in [0.25, 0.3) is 5.70 Å². The van der Waals surface area contributed by atoms with Crippen LogP contribution in [0.2, 0.25) is 0 Å². The Labute approximate surface area is 209 Å². The minimum absolute atomic E-state index is 0.180. The molecular formula is C26H35FN7P. The predicted octanol–water partition coefficient (Wildman–Crippen LogP) is 4.80. The number of hydrogen-bond donors (Lipinski definition) is 2. The van der Waals surface area contributed by atoms with E-state index in [0.29, 0.717) is 23.0 Å². The van der Waals surface area contributed by atoms with E-state index in [0.717, 1.165) is 42.3 Å². The quantitative estimate of drug-likeness (QED) is 0.405. The van der Waals surface area contributed by atoms with Gasteiger partial charge in [0.05, 0.1) is 28.7 Å². The van der Waals surface area contributed by atoms with Crippen LogP contribution in [-0.4, -0.2) is 52.8 Å². The van der Waals surface area contributed by atoms with Crippen molar-refractivity contribution >= 4 is 38.0 Å². The summed E-state index contributed by atoms with van der Waals surface area (Å²) < 4.78 is 14.4. The van der Waals surface area contributed by atoms with E-state index in [-0.39, 0.29) is 5.54 Å². The van der Waals surface area contributed by atoms with Gasteiger partial charge in [-0.05, 0) is 58.4 Å². The van der Waals surface area contributed by atoms with Crippen molar-refractivity contribution in [3.8, 4) is 0 Å². The lowest BCUT2D eigenvalue weighted by atomic mass is 9.97. The standard InChI is InChI=1S/C26H35FN7P/c1-16(28-7)20-10-12-29-23(14-20)31-19(4)34-24-22(33-13-11-25(34,5)15-33)9-8-21(32-24)17(2)30-18(3)26(6,27)35/h8-10,12,14,18,30H,2,4,11,13,15,35H2,1,3,5-7H3,(H,29,31)/b28-16+/t18?,25-,26-/m0/s1. The maximum atomic E-state index is 14.4. The van der Waals surface area contributed by atoms with Crippen LogP contribution in [0.1, 0.15) is 45.4 Å². The van der Waals surface area contributed by atoms with Gasteiger partial charge in [-0.2, -0.15) is 0 Å². The van der Waals surface area contributed by atoms with Gasteiger partial charge in [0.2, 0.25) is 0 Å². The summed E-state index contributed by atoms with van der Waals surface area (Å²) in [7, 11) is 4.01. The van der Waals surface area contributed by atoms with Gasteiger partial charge >= 0.3 is 0 Å². The van der Waals surface area contributed by atoms with E-state index in [1.54, 1.807) is 20.2 Å². The maximum absolute atomic E-state index is 14.4. The molecule has 0 spiro atoms. The van der Waals surface area contributed by atoms with Crippen molar-refractivity contribution in [3.63, 3.8) is 0 Å². The highest BCUT2D eigenvalue weighted by Gasteiger charge is 2.47. The molecule has 0 amide bonds. The van der Waals surface area contributed by atoms with Crippen LogP contribution in [0.15, 0.2) is 54.4 Å². The highest BCUT2D eigenvalue weighted by atomic mass is 31.0. The summed E-state index contributed by atoms with van der Waals surface area (Å²) in [5.41, 5.74) is 4.05. The molecule has 2 aliphatic rings. The maximum Gasteiger partial charge on any atom is 0.159 e. The average Bonchev–Trinajstić information content (AvgIpc) is 3.15. The molecule has 4 atom stereocenters. The van der Waals surface area contributed by atoms with Crippen molar-refractivity contribution in [2.75, 3.05) is 35.3 Å². The van der Waals surface area contributed by atoms with E-state index in [2.05, 4.69) is 65.8 Å². The zero-order chi connectivity index (χ0) is 25.5. The first-order valence-corrected chi connectivity index (χ1v) is 12.4. The Morgan fingerprint density at radius 1 is 1.34 bits per heavy atom. The molecule has 1 fully saturated rings. The summed E-state index contributed by atoms with van der Waals surface area (Å²) in [6.45, 7) is 17.8. The molecule has 9 heteroatoms. The van der Waals surface area contributed by atoms with Crippen molar-refractivity contribution in [1.29, 1.82) is 0 Å². The highest BCUT2D eigenvalue weighted by Crippen LogP contribution is 2.46. The third-order valence-electron chi connectivity index (χ3n) is 7.00. The second kappa shape index (κ2) is 9.23. The van der Waals surface area contributed by atoms with Gasteiger partial charge in [0.25, 0.3) is 0 Å². The monoisotopic (exact) mass is 495 g/mol. The Hall–Kier alpha value is -2.99.